The van der Waals surface area contributed by atoms with Crippen LogP contribution in [0.25, 0.3) is 0 Å². The Balaban J connectivity index is 1.97. The molecule has 0 N–H and O–H groups in total. The molecule has 1 aromatic carbocycles. The molecule has 4 heteroatoms. The van der Waals surface area contributed by atoms with Crippen LogP contribution < -0.4 is 0 Å². The third-order valence-electron chi connectivity index (χ3n) is 5.02. The van der Waals surface area contributed by atoms with E-state index in [0.717, 1.165) is 24.8 Å². The summed E-state index contributed by atoms with van der Waals surface area (Å²) in [4.78, 5) is 14.5. The standard InChI is InChI=1S/C16H20FNO2/c1-18-12-6-7-14(18)15(16(19)20-2)13(9-12)10-4-3-5-11(17)8-10/h3-5,8,12-15H,6-7,9H2,1-2H3/t12-,13-,14+,15-/m0/s1. The zero-order valence-corrected chi connectivity index (χ0v) is 11.9. The Morgan fingerprint density at radius 2 is 2.20 bits per heavy atom. The summed E-state index contributed by atoms with van der Waals surface area (Å²) in [6.07, 6.45) is 3.03. The Morgan fingerprint density at radius 3 is 2.90 bits per heavy atom. The molecule has 2 saturated heterocycles. The Morgan fingerprint density at radius 1 is 1.40 bits per heavy atom. The maximum absolute atomic E-state index is 13.5. The monoisotopic (exact) mass is 277 g/mol. The van der Waals surface area contributed by atoms with Crippen molar-refractivity contribution in [2.45, 2.75) is 37.3 Å². The molecule has 20 heavy (non-hydrogen) atoms. The largest absolute Gasteiger partial charge is 0.469 e. The van der Waals surface area contributed by atoms with Crippen LogP contribution in [0.2, 0.25) is 0 Å². The van der Waals surface area contributed by atoms with Crippen molar-refractivity contribution in [1.29, 1.82) is 0 Å². The van der Waals surface area contributed by atoms with Crippen LogP contribution in [-0.4, -0.2) is 37.1 Å². The van der Waals surface area contributed by atoms with E-state index in [0.29, 0.717) is 6.04 Å². The van der Waals surface area contributed by atoms with Gasteiger partial charge in [-0.25, -0.2) is 4.39 Å². The highest BCUT2D eigenvalue weighted by Crippen LogP contribution is 2.46. The maximum atomic E-state index is 13.5. The van der Waals surface area contributed by atoms with Gasteiger partial charge in [0, 0.05) is 18.0 Å². The highest BCUT2D eigenvalue weighted by atomic mass is 19.1. The summed E-state index contributed by atoms with van der Waals surface area (Å²) in [5, 5.41) is 0. The van der Waals surface area contributed by atoms with Crippen LogP contribution in [0, 0.1) is 11.7 Å². The second-order valence-electron chi connectivity index (χ2n) is 5.91. The van der Waals surface area contributed by atoms with Crippen molar-refractivity contribution in [3.8, 4) is 0 Å². The molecule has 0 amide bonds. The van der Waals surface area contributed by atoms with Crippen LogP contribution in [0.15, 0.2) is 24.3 Å². The van der Waals surface area contributed by atoms with E-state index in [1.54, 1.807) is 12.1 Å². The van der Waals surface area contributed by atoms with E-state index in [4.69, 9.17) is 4.74 Å². The van der Waals surface area contributed by atoms with Gasteiger partial charge in [0.2, 0.25) is 0 Å². The third kappa shape index (κ3) is 2.12. The number of hydrogen-bond donors (Lipinski definition) is 0. The van der Waals surface area contributed by atoms with E-state index < -0.39 is 0 Å². The number of fused-ring (bicyclic) bond motifs is 2. The minimum atomic E-state index is -0.239. The fourth-order valence-electron chi connectivity index (χ4n) is 4.00. The van der Waals surface area contributed by atoms with Crippen molar-refractivity contribution >= 4 is 5.97 Å². The molecule has 2 fully saturated rings. The third-order valence-corrected chi connectivity index (χ3v) is 5.02. The molecule has 0 saturated carbocycles. The van der Waals surface area contributed by atoms with E-state index in [1.165, 1.54) is 13.2 Å². The predicted molar refractivity (Wildman–Crippen MR) is 73.8 cm³/mol. The maximum Gasteiger partial charge on any atom is 0.310 e. The van der Waals surface area contributed by atoms with Crippen molar-refractivity contribution in [3.05, 3.63) is 35.6 Å². The number of halogens is 1. The number of carbonyl (C=O) groups is 1. The van der Waals surface area contributed by atoms with Crippen molar-refractivity contribution in [2.75, 3.05) is 14.2 Å². The normalized spacial score (nSPS) is 33.1. The molecule has 2 aliphatic rings. The van der Waals surface area contributed by atoms with Crippen LogP contribution in [0.5, 0.6) is 0 Å². The minimum absolute atomic E-state index is 0.0619. The quantitative estimate of drug-likeness (QED) is 0.778. The van der Waals surface area contributed by atoms with Gasteiger partial charge in [0.05, 0.1) is 13.0 Å². The average molecular weight is 277 g/mol. The number of piperidine rings is 1. The number of carbonyl (C=O) groups excluding carboxylic acids is 1. The highest BCUT2D eigenvalue weighted by Gasteiger charge is 2.49. The first-order valence-electron chi connectivity index (χ1n) is 7.17. The summed E-state index contributed by atoms with van der Waals surface area (Å²) in [7, 11) is 3.52. The number of nitrogens with zero attached hydrogens (tertiary/aromatic N) is 1. The van der Waals surface area contributed by atoms with E-state index in [9.17, 15) is 9.18 Å². The number of rotatable bonds is 2. The van der Waals surface area contributed by atoms with Crippen LogP contribution >= 0.6 is 0 Å². The van der Waals surface area contributed by atoms with Gasteiger partial charge in [-0.15, -0.1) is 0 Å². The summed E-state index contributed by atoms with van der Waals surface area (Å²) in [6.45, 7) is 0. The lowest BCUT2D eigenvalue weighted by Gasteiger charge is -2.41. The van der Waals surface area contributed by atoms with Crippen LogP contribution in [-0.2, 0) is 9.53 Å². The van der Waals surface area contributed by atoms with Gasteiger partial charge < -0.3 is 4.74 Å². The molecule has 0 unspecified atom stereocenters. The van der Waals surface area contributed by atoms with Gasteiger partial charge in [-0.05, 0) is 44.0 Å². The van der Waals surface area contributed by atoms with E-state index >= 15 is 0 Å². The molecular formula is C16H20FNO2. The van der Waals surface area contributed by atoms with Gasteiger partial charge in [0.1, 0.15) is 5.82 Å². The highest BCUT2D eigenvalue weighted by molar-refractivity contribution is 5.75. The second-order valence-corrected chi connectivity index (χ2v) is 5.91. The first-order valence-corrected chi connectivity index (χ1v) is 7.17. The van der Waals surface area contributed by atoms with Crippen molar-refractivity contribution in [1.82, 2.24) is 4.90 Å². The Hall–Kier alpha value is -1.42. The number of ether oxygens (including phenoxy) is 1. The molecule has 3 rings (SSSR count). The van der Waals surface area contributed by atoms with Crippen LogP contribution in [0.4, 0.5) is 4.39 Å². The molecule has 3 nitrogen and oxygen atoms in total. The van der Waals surface area contributed by atoms with Gasteiger partial charge in [0.15, 0.2) is 0 Å². The first kappa shape index (κ1) is 13.6. The minimum Gasteiger partial charge on any atom is -0.469 e. The lowest BCUT2D eigenvalue weighted by molar-refractivity contribution is -0.150. The molecule has 2 aliphatic heterocycles. The molecular weight excluding hydrogens is 257 g/mol. The summed E-state index contributed by atoms with van der Waals surface area (Å²) in [5.41, 5.74) is 0.922. The smallest absolute Gasteiger partial charge is 0.310 e. The second kappa shape index (κ2) is 5.17. The molecule has 0 aromatic heterocycles. The fourth-order valence-corrected chi connectivity index (χ4v) is 4.00. The SMILES string of the molecule is COC(=O)[C@@H]1[C@H]2CC[C@@H](C[C@H]1c1cccc(F)c1)N2C. The molecule has 2 bridgehead atoms. The number of methoxy groups -OCH3 is 1. The fraction of sp³-hybridized carbons (Fsp3) is 0.562. The zero-order valence-electron chi connectivity index (χ0n) is 11.9. The Bertz CT molecular complexity index is 519. The zero-order chi connectivity index (χ0) is 14.3. The van der Waals surface area contributed by atoms with Gasteiger partial charge >= 0.3 is 5.97 Å². The summed E-state index contributed by atoms with van der Waals surface area (Å²) in [6, 6.07) is 7.36. The Labute approximate surface area is 118 Å². The average Bonchev–Trinajstić information content (AvgIpc) is 2.69. The molecule has 108 valence electrons. The van der Waals surface area contributed by atoms with Gasteiger partial charge in [0.25, 0.3) is 0 Å². The van der Waals surface area contributed by atoms with Gasteiger partial charge in [-0.1, -0.05) is 12.1 Å². The van der Waals surface area contributed by atoms with Crippen molar-refractivity contribution in [3.63, 3.8) is 0 Å². The van der Waals surface area contributed by atoms with Crippen LogP contribution in [0.3, 0.4) is 0 Å². The topological polar surface area (TPSA) is 29.5 Å². The summed E-state index contributed by atoms with van der Waals surface area (Å²) in [5.74, 6) is -0.536. The summed E-state index contributed by atoms with van der Waals surface area (Å²) >= 11 is 0. The first-order chi connectivity index (χ1) is 9.61. The molecule has 0 spiro atoms. The molecule has 1 aromatic rings. The van der Waals surface area contributed by atoms with Gasteiger partial charge in [-0.3, -0.25) is 9.69 Å². The molecule has 0 radical (unpaired) electrons. The van der Waals surface area contributed by atoms with E-state index in [1.807, 2.05) is 6.07 Å². The molecule has 0 aliphatic carbocycles. The summed E-state index contributed by atoms with van der Waals surface area (Å²) < 4.78 is 18.5. The number of esters is 1. The lowest BCUT2D eigenvalue weighted by atomic mass is 9.76. The van der Waals surface area contributed by atoms with Crippen molar-refractivity contribution < 1.29 is 13.9 Å². The van der Waals surface area contributed by atoms with Gasteiger partial charge in [-0.2, -0.15) is 0 Å². The number of benzene rings is 1. The lowest BCUT2D eigenvalue weighted by Crippen LogP contribution is -2.49. The van der Waals surface area contributed by atoms with Crippen molar-refractivity contribution in [2.24, 2.45) is 5.92 Å². The Kier molecular flexibility index (Phi) is 3.50. The number of hydrogen-bond acceptors (Lipinski definition) is 3. The predicted octanol–water partition coefficient (Wildman–Crippen LogP) is 2.57. The molecule has 4 atom stereocenters. The van der Waals surface area contributed by atoms with E-state index in [-0.39, 0.29) is 29.7 Å². The van der Waals surface area contributed by atoms with E-state index in [2.05, 4.69) is 11.9 Å². The molecule has 2 heterocycles. The van der Waals surface area contributed by atoms with Crippen LogP contribution in [0.1, 0.15) is 30.7 Å².